The van der Waals surface area contributed by atoms with Crippen molar-refractivity contribution in [2.45, 2.75) is 66.1 Å². The van der Waals surface area contributed by atoms with Crippen molar-refractivity contribution < 1.29 is 8.83 Å². The molecule has 3 fully saturated rings. The summed E-state index contributed by atoms with van der Waals surface area (Å²) in [5.74, 6) is 3.21. The molecule has 20 rings (SSSR count). The fourth-order valence-electron chi connectivity index (χ4n) is 19.3. The van der Waals surface area contributed by atoms with Crippen LogP contribution in [0.25, 0.3) is 123 Å². The second-order valence-corrected chi connectivity index (χ2v) is 25.8. The summed E-state index contributed by atoms with van der Waals surface area (Å²) in [4.78, 5) is 15.8. The van der Waals surface area contributed by atoms with Gasteiger partial charge in [-0.05, 0) is 164 Å². The van der Waals surface area contributed by atoms with Crippen molar-refractivity contribution in [3.8, 4) is 78.7 Å². The van der Waals surface area contributed by atoms with Crippen LogP contribution in [-0.2, 0) is 16.2 Å². The van der Waals surface area contributed by atoms with Crippen LogP contribution in [0.2, 0.25) is 0 Å². The van der Waals surface area contributed by atoms with Crippen molar-refractivity contribution in [1.82, 2.24) is 15.0 Å². The van der Waals surface area contributed by atoms with E-state index in [1.807, 2.05) is 18.2 Å². The lowest BCUT2D eigenvalue weighted by atomic mass is 9.38. The second-order valence-electron chi connectivity index (χ2n) is 25.8. The number of furan rings is 2. The second kappa shape index (κ2) is 17.1. The highest BCUT2D eigenvalue weighted by molar-refractivity contribution is 6.14. The van der Waals surface area contributed by atoms with Gasteiger partial charge in [-0.15, -0.1) is 0 Å². The van der Waals surface area contributed by atoms with Crippen LogP contribution >= 0.6 is 0 Å². The lowest BCUT2D eigenvalue weighted by Gasteiger charge is -2.64. The maximum atomic E-state index is 7.44. The van der Waals surface area contributed by atoms with Gasteiger partial charge in [0.2, 0.25) is 0 Å². The van der Waals surface area contributed by atoms with Crippen molar-refractivity contribution in [2.24, 2.45) is 5.92 Å². The van der Waals surface area contributed by atoms with Gasteiger partial charge in [-0.1, -0.05) is 212 Å². The molecular weight excluding hydrogens is 1050 g/mol. The number of aromatic nitrogens is 3. The Hall–Kier alpha value is -9.97. The standard InChI is InChI=1S/C81H55N3O2/c1-2-16-47(17-3-1)50-18-14-19-51(40-50)76-82-75(83-77(84-76)52-36-39-70-64(41-52)63-26-10-13-30-69(63)85-70)49-34-32-48(33-35-49)57-37-38-67-73-72-56(27-15-31-71(72)86-74(57)73)54-44-79(67)42-53-43-80(65-28-11-8-23-60(65)58-21-5-4-20-55(53)58)46-68-62-25-7-6-22-59(62)61-24-9-12-29-66(61)81(68,45-54)78(79)80/h1-41,53-54,68,78H,42-46H2. The summed E-state index contributed by atoms with van der Waals surface area (Å²) in [6.07, 6.45) is 5.62. The fraction of sp³-hybridized carbons (Fsp3) is 0.148. The average molecular weight is 1100 g/mol. The maximum Gasteiger partial charge on any atom is 0.164 e. The van der Waals surface area contributed by atoms with Crippen LogP contribution in [0, 0.1) is 5.92 Å². The molecule has 86 heavy (non-hydrogen) atoms. The normalized spacial score (nSPS) is 23.3. The SMILES string of the molecule is c1ccc(-c2cccc(-c3nc(-c4ccc(-c5ccc6c7c5oc5cccc(c57)C5CC67CC6CC8(CC9c%10ccccc%10-c%10ccccc%10C9(C5)C87)c5ccccc5-c5ccccc56)cc4)nc(-c4ccc5oc6ccccc6c5c4)n3)c2)cc1. The molecule has 7 unspecified atom stereocenters. The first-order valence-electron chi connectivity index (χ1n) is 30.8. The van der Waals surface area contributed by atoms with Gasteiger partial charge in [-0.2, -0.15) is 0 Å². The lowest BCUT2D eigenvalue weighted by molar-refractivity contribution is -0.00399. The lowest BCUT2D eigenvalue weighted by Crippen LogP contribution is -2.61. The Balaban J connectivity index is 0.780. The summed E-state index contributed by atoms with van der Waals surface area (Å²) in [7, 11) is 0. The predicted octanol–water partition coefficient (Wildman–Crippen LogP) is 20.4. The van der Waals surface area contributed by atoms with Crippen LogP contribution in [-0.4, -0.2) is 15.0 Å². The van der Waals surface area contributed by atoms with Crippen LogP contribution < -0.4 is 0 Å². The number of hydrogen-bond acceptors (Lipinski definition) is 5. The predicted molar refractivity (Wildman–Crippen MR) is 345 cm³/mol. The minimum atomic E-state index is -0.190. The summed E-state index contributed by atoms with van der Waals surface area (Å²) in [6, 6.07) is 92.8. The van der Waals surface area contributed by atoms with Gasteiger partial charge >= 0.3 is 0 Å². The van der Waals surface area contributed by atoms with Crippen molar-refractivity contribution in [1.29, 1.82) is 0 Å². The largest absolute Gasteiger partial charge is 0.456 e. The van der Waals surface area contributed by atoms with E-state index >= 15 is 0 Å². The number of fused-ring (bicyclic) bond motifs is 14. The molecule has 11 aromatic carbocycles. The van der Waals surface area contributed by atoms with E-state index in [1.165, 1.54) is 49.7 Å². The number of hydrogen-bond donors (Lipinski definition) is 0. The third kappa shape index (κ3) is 6.22. The van der Waals surface area contributed by atoms with Crippen LogP contribution in [0.3, 0.4) is 0 Å². The third-order valence-corrected chi connectivity index (χ3v) is 22.0. The zero-order chi connectivity index (χ0) is 56.0. The van der Waals surface area contributed by atoms with E-state index in [9.17, 15) is 0 Å². The summed E-state index contributed by atoms with van der Waals surface area (Å²) in [6.45, 7) is 0. The van der Waals surface area contributed by atoms with Gasteiger partial charge in [-0.25, -0.2) is 15.0 Å². The van der Waals surface area contributed by atoms with E-state index in [0.29, 0.717) is 41.1 Å². The molecule has 7 atom stereocenters. The Morgan fingerprint density at radius 3 is 1.69 bits per heavy atom. The Bertz CT molecular complexity index is 5230. The molecule has 0 saturated heterocycles. The minimum Gasteiger partial charge on any atom is -0.456 e. The van der Waals surface area contributed by atoms with Crippen LogP contribution in [0.15, 0.2) is 258 Å². The zero-order valence-corrected chi connectivity index (χ0v) is 47.2. The molecule has 0 radical (unpaired) electrons. The molecule has 6 aliphatic carbocycles. The Labute approximate surface area is 497 Å². The van der Waals surface area contributed by atoms with Gasteiger partial charge < -0.3 is 8.83 Å². The molecule has 3 heterocycles. The van der Waals surface area contributed by atoms with E-state index in [1.54, 1.807) is 16.7 Å². The molecule has 5 heteroatoms. The third-order valence-electron chi connectivity index (χ3n) is 22.0. The number of para-hydroxylation sites is 1. The number of benzene rings is 11. The first-order valence-corrected chi connectivity index (χ1v) is 30.8. The summed E-state index contributed by atoms with van der Waals surface area (Å²) >= 11 is 0. The number of nitrogens with zero attached hydrogens (tertiary/aromatic N) is 3. The van der Waals surface area contributed by atoms with Crippen LogP contribution in [0.5, 0.6) is 0 Å². The van der Waals surface area contributed by atoms with Gasteiger partial charge in [0.15, 0.2) is 17.5 Å². The Morgan fingerprint density at radius 1 is 0.314 bits per heavy atom. The molecular formula is C81H55N3O2. The van der Waals surface area contributed by atoms with E-state index < -0.39 is 0 Å². The molecule has 5 nitrogen and oxygen atoms in total. The van der Waals surface area contributed by atoms with E-state index in [4.69, 9.17) is 23.8 Å². The molecule has 3 aromatic heterocycles. The first kappa shape index (κ1) is 47.4. The maximum absolute atomic E-state index is 7.44. The summed E-state index contributed by atoms with van der Waals surface area (Å²) in [5, 5.41) is 4.74. The van der Waals surface area contributed by atoms with Crippen LogP contribution in [0.4, 0.5) is 0 Å². The molecule has 0 aliphatic heterocycles. The highest BCUT2D eigenvalue weighted by atomic mass is 16.3. The first-order chi connectivity index (χ1) is 42.5. The summed E-state index contributed by atoms with van der Waals surface area (Å²) < 4.78 is 13.7. The smallest absolute Gasteiger partial charge is 0.164 e. The topological polar surface area (TPSA) is 65.0 Å². The van der Waals surface area contributed by atoms with Crippen molar-refractivity contribution in [2.75, 3.05) is 0 Å². The highest BCUT2D eigenvalue weighted by Gasteiger charge is 2.76. The fourth-order valence-corrected chi connectivity index (χ4v) is 19.3. The van der Waals surface area contributed by atoms with E-state index in [0.717, 1.165) is 104 Å². The van der Waals surface area contributed by atoms with Crippen molar-refractivity contribution in [3.63, 3.8) is 0 Å². The van der Waals surface area contributed by atoms with Crippen molar-refractivity contribution >= 4 is 43.9 Å². The van der Waals surface area contributed by atoms with E-state index in [-0.39, 0.29) is 16.2 Å². The molecule has 3 saturated carbocycles. The average Bonchev–Trinajstić information content (AvgIpc) is 1.45. The zero-order valence-electron chi connectivity index (χ0n) is 47.2. The van der Waals surface area contributed by atoms with Gasteiger partial charge in [-0.3, -0.25) is 0 Å². The van der Waals surface area contributed by atoms with Gasteiger partial charge in [0.1, 0.15) is 22.3 Å². The highest BCUT2D eigenvalue weighted by Crippen LogP contribution is 2.82. The van der Waals surface area contributed by atoms with Gasteiger partial charge in [0.25, 0.3) is 0 Å². The minimum absolute atomic E-state index is 0.0984. The molecule has 3 spiro atoms. The Morgan fingerprint density at radius 2 is 0.872 bits per heavy atom. The molecule has 6 aliphatic rings. The Kier molecular flexibility index (Phi) is 9.43. The van der Waals surface area contributed by atoms with Crippen LogP contribution in [0.1, 0.15) is 83.2 Å². The molecule has 14 aromatic rings. The molecule has 0 N–H and O–H groups in total. The molecule has 406 valence electrons. The molecule has 4 bridgehead atoms. The van der Waals surface area contributed by atoms with Crippen molar-refractivity contribution in [3.05, 3.63) is 282 Å². The van der Waals surface area contributed by atoms with Gasteiger partial charge in [0, 0.05) is 60.0 Å². The van der Waals surface area contributed by atoms with E-state index in [2.05, 4.69) is 231 Å². The summed E-state index contributed by atoms with van der Waals surface area (Å²) in [5.41, 5.74) is 25.3. The van der Waals surface area contributed by atoms with Gasteiger partial charge in [0.05, 0.1) is 0 Å². The quantitative estimate of drug-likeness (QED) is 0.172. The number of rotatable bonds is 5. The monoisotopic (exact) mass is 1100 g/mol. The molecule has 0 amide bonds.